The Morgan fingerprint density at radius 1 is 0.861 bits per heavy atom. The van der Waals surface area contributed by atoms with Gasteiger partial charge in [-0.25, -0.2) is 13.2 Å². The van der Waals surface area contributed by atoms with E-state index in [4.69, 9.17) is 14.2 Å². The summed E-state index contributed by atoms with van der Waals surface area (Å²) in [5, 5.41) is 0. The molecule has 3 rings (SSSR count). The van der Waals surface area contributed by atoms with Crippen LogP contribution in [0.15, 0.2) is 78.9 Å². The Balaban J connectivity index is 1.50. The summed E-state index contributed by atoms with van der Waals surface area (Å²) < 4.78 is 44.1. The molecule has 1 atom stereocenters. The fourth-order valence-corrected chi connectivity index (χ4v) is 4.86. The lowest BCUT2D eigenvalue weighted by atomic mass is 10.1. The van der Waals surface area contributed by atoms with E-state index in [0.29, 0.717) is 44.1 Å². The highest BCUT2D eigenvalue weighted by atomic mass is 32.2. The largest absolute Gasteiger partial charge is 0.493 e. The zero-order valence-electron chi connectivity index (χ0n) is 20.7. The molecule has 0 heterocycles. The molecule has 0 radical (unpaired) electrons. The van der Waals surface area contributed by atoms with Gasteiger partial charge in [0.15, 0.2) is 6.10 Å². The van der Waals surface area contributed by atoms with E-state index in [9.17, 15) is 13.2 Å². The summed E-state index contributed by atoms with van der Waals surface area (Å²) in [7, 11) is -3.51. The Hall–Kier alpha value is -3.36. The van der Waals surface area contributed by atoms with Crippen molar-refractivity contribution in [1.82, 2.24) is 0 Å². The normalized spacial score (nSPS) is 12.1. The van der Waals surface area contributed by atoms with Gasteiger partial charge in [0, 0.05) is 25.1 Å². The van der Waals surface area contributed by atoms with Crippen LogP contribution in [0.2, 0.25) is 0 Å². The second-order valence-electron chi connectivity index (χ2n) is 8.19. The van der Waals surface area contributed by atoms with Crippen LogP contribution in [0.3, 0.4) is 0 Å². The Labute approximate surface area is 213 Å². The lowest BCUT2D eigenvalue weighted by molar-refractivity contribution is -0.156. The molecular formula is C28H33NO6S. The van der Waals surface area contributed by atoms with Gasteiger partial charge in [0.2, 0.25) is 10.0 Å². The quantitative estimate of drug-likeness (QED) is 0.314. The molecule has 0 amide bonds. The summed E-state index contributed by atoms with van der Waals surface area (Å²) in [6, 6.07) is 23.9. The van der Waals surface area contributed by atoms with Gasteiger partial charge in [-0.1, -0.05) is 54.6 Å². The van der Waals surface area contributed by atoms with Gasteiger partial charge < -0.3 is 14.2 Å². The number of sulfonamides is 1. The molecule has 0 spiro atoms. The third-order valence-corrected chi connectivity index (χ3v) is 6.58. The summed E-state index contributed by atoms with van der Waals surface area (Å²) in [5.41, 5.74) is 3.16. The average Bonchev–Trinajstić information content (AvgIpc) is 2.85. The Kier molecular flexibility index (Phi) is 10.3. The minimum absolute atomic E-state index is 0.0811. The van der Waals surface area contributed by atoms with Crippen LogP contribution >= 0.6 is 0 Å². The van der Waals surface area contributed by atoms with Crippen LogP contribution in [0, 0.1) is 0 Å². The fraction of sp³-hybridized carbons (Fsp3) is 0.321. The number of carbonyl (C=O) groups excluding carboxylic acids is 1. The van der Waals surface area contributed by atoms with E-state index in [1.165, 1.54) is 0 Å². The predicted octanol–water partition coefficient (Wildman–Crippen LogP) is 4.76. The number of anilines is 1. The molecule has 0 fully saturated rings. The van der Waals surface area contributed by atoms with Crippen LogP contribution in [0.25, 0.3) is 0 Å². The Morgan fingerprint density at radius 3 is 2.28 bits per heavy atom. The van der Waals surface area contributed by atoms with E-state index in [1.54, 1.807) is 25.1 Å². The number of carbonyl (C=O) groups is 1. The molecule has 0 aliphatic heterocycles. The maximum absolute atomic E-state index is 12.5. The first-order chi connectivity index (χ1) is 17.4. The maximum atomic E-state index is 12.5. The molecule has 36 heavy (non-hydrogen) atoms. The Bertz CT molecular complexity index is 1200. The van der Waals surface area contributed by atoms with Crippen molar-refractivity contribution in [1.29, 1.82) is 0 Å². The van der Waals surface area contributed by atoms with E-state index in [-0.39, 0.29) is 11.7 Å². The smallest absolute Gasteiger partial charge is 0.335 e. The highest BCUT2D eigenvalue weighted by Gasteiger charge is 2.20. The van der Waals surface area contributed by atoms with Gasteiger partial charge in [0.1, 0.15) is 5.75 Å². The number of benzene rings is 3. The number of esters is 1. The van der Waals surface area contributed by atoms with Crippen molar-refractivity contribution in [3.63, 3.8) is 0 Å². The number of nitrogens with one attached hydrogen (secondary N) is 1. The molecular weight excluding hydrogens is 478 g/mol. The molecule has 0 aliphatic carbocycles. The number of ether oxygens (including phenoxy) is 3. The molecule has 0 aromatic heterocycles. The van der Waals surface area contributed by atoms with Gasteiger partial charge in [0.05, 0.1) is 19.0 Å². The maximum Gasteiger partial charge on any atom is 0.335 e. The molecule has 0 bridgehead atoms. The molecule has 8 heteroatoms. The first-order valence-corrected chi connectivity index (χ1v) is 13.7. The van der Waals surface area contributed by atoms with Crippen molar-refractivity contribution in [2.75, 3.05) is 24.5 Å². The molecule has 0 aliphatic rings. The summed E-state index contributed by atoms with van der Waals surface area (Å²) in [5.74, 6) is 0.272. The van der Waals surface area contributed by atoms with E-state index >= 15 is 0 Å². The highest BCUT2D eigenvalue weighted by molar-refractivity contribution is 7.91. The fourth-order valence-electron chi connectivity index (χ4n) is 3.67. The van der Waals surface area contributed by atoms with Crippen molar-refractivity contribution in [3.8, 4) is 5.75 Å². The Morgan fingerprint density at radius 2 is 1.58 bits per heavy atom. The summed E-state index contributed by atoms with van der Waals surface area (Å²) in [4.78, 5) is 12.1. The topological polar surface area (TPSA) is 90.9 Å². The van der Waals surface area contributed by atoms with Crippen molar-refractivity contribution in [2.45, 2.75) is 38.5 Å². The van der Waals surface area contributed by atoms with Gasteiger partial charge in [-0.05, 0) is 54.8 Å². The number of hydrogen-bond donors (Lipinski definition) is 1. The van der Waals surface area contributed by atoms with Gasteiger partial charge >= 0.3 is 5.97 Å². The lowest BCUT2D eigenvalue weighted by Crippen LogP contribution is -2.28. The van der Waals surface area contributed by atoms with Gasteiger partial charge in [-0.15, -0.1) is 0 Å². The minimum atomic E-state index is -3.51. The third-order valence-electron chi connectivity index (χ3n) is 5.32. The lowest BCUT2D eigenvalue weighted by Gasteiger charge is -2.16. The van der Waals surface area contributed by atoms with Crippen molar-refractivity contribution < 1.29 is 27.4 Å². The van der Waals surface area contributed by atoms with Gasteiger partial charge in [-0.3, -0.25) is 4.72 Å². The first kappa shape index (κ1) is 27.2. The van der Waals surface area contributed by atoms with E-state index in [1.807, 2.05) is 67.6 Å². The average molecular weight is 512 g/mol. The van der Waals surface area contributed by atoms with Crippen molar-refractivity contribution in [3.05, 3.63) is 95.6 Å². The van der Waals surface area contributed by atoms with Crippen LogP contribution in [-0.2, 0) is 42.9 Å². The van der Waals surface area contributed by atoms with Gasteiger partial charge in [0.25, 0.3) is 0 Å². The van der Waals surface area contributed by atoms with Crippen LogP contribution in [0.1, 0.15) is 30.5 Å². The third kappa shape index (κ3) is 9.02. The zero-order valence-corrected chi connectivity index (χ0v) is 21.5. The second kappa shape index (κ2) is 13.7. The number of hydrogen-bond acceptors (Lipinski definition) is 6. The van der Waals surface area contributed by atoms with E-state index in [0.717, 1.165) is 16.7 Å². The van der Waals surface area contributed by atoms with Crippen LogP contribution in [0.4, 0.5) is 5.69 Å². The van der Waals surface area contributed by atoms with Crippen LogP contribution in [0.5, 0.6) is 5.75 Å². The van der Waals surface area contributed by atoms with Crippen molar-refractivity contribution in [2.24, 2.45) is 0 Å². The standard InChI is InChI=1S/C28H33NO6S/c1-3-33-27(28(30)34-4-2)20-23-13-15-26(16-14-23)35-18-17-22-11-8-12-25(19-22)29-36(31,32)21-24-9-6-5-7-10-24/h5-16,19,27,29H,3-4,17-18,20-21H2,1-2H3. The molecule has 1 N–H and O–H groups in total. The summed E-state index contributed by atoms with van der Waals surface area (Å²) in [6.07, 6.45) is 0.421. The van der Waals surface area contributed by atoms with Gasteiger partial charge in [-0.2, -0.15) is 0 Å². The highest BCUT2D eigenvalue weighted by Crippen LogP contribution is 2.18. The molecule has 1 unspecified atom stereocenters. The molecule has 3 aromatic carbocycles. The van der Waals surface area contributed by atoms with E-state index < -0.39 is 16.1 Å². The summed E-state index contributed by atoms with van der Waals surface area (Å²) in [6.45, 7) is 4.80. The molecule has 0 saturated carbocycles. The molecule has 0 saturated heterocycles. The monoisotopic (exact) mass is 511 g/mol. The molecule has 7 nitrogen and oxygen atoms in total. The minimum Gasteiger partial charge on any atom is -0.493 e. The first-order valence-electron chi connectivity index (χ1n) is 12.0. The SMILES string of the molecule is CCOC(=O)C(Cc1ccc(OCCc2cccc(NS(=O)(=O)Cc3ccccc3)c2)cc1)OCC. The van der Waals surface area contributed by atoms with Crippen LogP contribution in [-0.4, -0.2) is 40.3 Å². The summed E-state index contributed by atoms with van der Waals surface area (Å²) >= 11 is 0. The molecule has 192 valence electrons. The van der Waals surface area contributed by atoms with Crippen LogP contribution < -0.4 is 9.46 Å². The predicted molar refractivity (Wildman–Crippen MR) is 141 cm³/mol. The number of rotatable bonds is 14. The zero-order chi connectivity index (χ0) is 25.8. The van der Waals surface area contributed by atoms with Crippen molar-refractivity contribution >= 4 is 21.7 Å². The second-order valence-corrected chi connectivity index (χ2v) is 9.91. The van der Waals surface area contributed by atoms with E-state index in [2.05, 4.69) is 4.72 Å². The molecule has 3 aromatic rings.